The van der Waals surface area contributed by atoms with Crippen LogP contribution < -0.4 is 10.2 Å². The first-order chi connectivity index (χ1) is 11.1. The zero-order chi connectivity index (χ0) is 16.2. The molecule has 0 atom stereocenters. The standard InChI is InChI=1S/C17H22FN3OS/c1-12-20-14(11-23-12)10-19-9-13-2-3-17(16(18)8-13)21-6-4-15(22)5-7-21/h2-3,8,11,15,19,22H,4-7,9-10H2,1H3. The van der Waals surface area contributed by atoms with Crippen molar-refractivity contribution < 1.29 is 9.50 Å². The molecule has 2 aromatic rings. The molecule has 1 aliphatic rings. The van der Waals surface area contributed by atoms with Crippen molar-refractivity contribution in [2.24, 2.45) is 0 Å². The molecule has 0 bridgehead atoms. The highest BCUT2D eigenvalue weighted by Gasteiger charge is 2.19. The minimum absolute atomic E-state index is 0.190. The molecule has 2 N–H and O–H groups in total. The molecule has 2 heterocycles. The fourth-order valence-electron chi connectivity index (χ4n) is 2.85. The summed E-state index contributed by atoms with van der Waals surface area (Å²) in [6, 6.07) is 5.40. The molecule has 1 aromatic heterocycles. The van der Waals surface area contributed by atoms with Crippen molar-refractivity contribution in [1.29, 1.82) is 0 Å². The molecule has 0 amide bonds. The van der Waals surface area contributed by atoms with Gasteiger partial charge in [0.25, 0.3) is 0 Å². The summed E-state index contributed by atoms with van der Waals surface area (Å²) in [6.45, 7) is 4.71. The Bertz CT molecular complexity index is 653. The summed E-state index contributed by atoms with van der Waals surface area (Å²) in [5.74, 6) is -0.190. The summed E-state index contributed by atoms with van der Waals surface area (Å²) in [6.07, 6.45) is 1.16. The molecule has 0 spiro atoms. The van der Waals surface area contributed by atoms with E-state index in [1.807, 2.05) is 29.3 Å². The maximum absolute atomic E-state index is 14.3. The maximum atomic E-state index is 14.3. The van der Waals surface area contributed by atoms with Crippen molar-refractivity contribution in [2.75, 3.05) is 18.0 Å². The Balaban J connectivity index is 1.56. The number of piperidine rings is 1. The van der Waals surface area contributed by atoms with Gasteiger partial charge in [-0.15, -0.1) is 11.3 Å². The normalized spacial score (nSPS) is 16.0. The molecule has 124 valence electrons. The highest BCUT2D eigenvalue weighted by molar-refractivity contribution is 7.09. The summed E-state index contributed by atoms with van der Waals surface area (Å²) in [5.41, 5.74) is 2.59. The van der Waals surface area contributed by atoms with Crippen molar-refractivity contribution in [2.45, 2.75) is 39.0 Å². The Labute approximate surface area is 140 Å². The number of anilines is 1. The lowest BCUT2D eigenvalue weighted by Crippen LogP contribution is -2.36. The largest absolute Gasteiger partial charge is 0.393 e. The van der Waals surface area contributed by atoms with E-state index in [9.17, 15) is 9.50 Å². The molecular formula is C17H22FN3OS. The summed E-state index contributed by atoms with van der Waals surface area (Å²) >= 11 is 1.64. The Hall–Kier alpha value is -1.50. The van der Waals surface area contributed by atoms with Gasteiger partial charge in [-0.25, -0.2) is 9.37 Å². The lowest BCUT2D eigenvalue weighted by molar-refractivity contribution is 0.145. The molecule has 3 rings (SSSR count). The number of hydrogen-bond acceptors (Lipinski definition) is 5. The second-order valence-corrected chi connectivity index (χ2v) is 7.03. The first-order valence-corrected chi connectivity index (χ1v) is 8.83. The molecule has 6 heteroatoms. The molecule has 1 fully saturated rings. The molecule has 0 radical (unpaired) electrons. The number of thiazole rings is 1. The predicted molar refractivity (Wildman–Crippen MR) is 91.2 cm³/mol. The number of aliphatic hydroxyl groups excluding tert-OH is 1. The number of nitrogens with zero attached hydrogens (tertiary/aromatic N) is 2. The SMILES string of the molecule is Cc1nc(CNCc2ccc(N3CCC(O)CC3)c(F)c2)cs1. The number of nitrogens with one attached hydrogen (secondary N) is 1. The first kappa shape index (κ1) is 16.4. The second kappa shape index (κ2) is 7.38. The highest BCUT2D eigenvalue weighted by atomic mass is 32.1. The van der Waals surface area contributed by atoms with Crippen LogP contribution >= 0.6 is 11.3 Å². The second-order valence-electron chi connectivity index (χ2n) is 5.97. The number of aromatic nitrogens is 1. The predicted octanol–water partition coefficient (Wildman–Crippen LogP) is 2.84. The molecule has 1 aliphatic heterocycles. The summed E-state index contributed by atoms with van der Waals surface area (Å²) < 4.78 is 14.3. The maximum Gasteiger partial charge on any atom is 0.146 e. The minimum atomic E-state index is -0.243. The summed E-state index contributed by atoms with van der Waals surface area (Å²) in [7, 11) is 0. The minimum Gasteiger partial charge on any atom is -0.393 e. The van der Waals surface area contributed by atoms with E-state index in [0.717, 1.165) is 16.3 Å². The Morgan fingerprint density at radius 1 is 1.35 bits per heavy atom. The Kier molecular flexibility index (Phi) is 5.25. The number of benzene rings is 1. The highest BCUT2D eigenvalue weighted by Crippen LogP contribution is 2.24. The molecule has 1 aromatic carbocycles. The van der Waals surface area contributed by atoms with Crippen LogP contribution in [-0.2, 0) is 13.1 Å². The van der Waals surface area contributed by atoms with E-state index >= 15 is 0 Å². The van der Waals surface area contributed by atoms with E-state index in [2.05, 4.69) is 10.3 Å². The number of rotatable bonds is 5. The Morgan fingerprint density at radius 3 is 2.78 bits per heavy atom. The zero-order valence-electron chi connectivity index (χ0n) is 13.3. The fourth-order valence-corrected chi connectivity index (χ4v) is 3.46. The van der Waals surface area contributed by atoms with Crippen LogP contribution in [0.1, 0.15) is 29.1 Å². The third-order valence-electron chi connectivity index (χ3n) is 4.12. The molecular weight excluding hydrogens is 313 g/mol. The van der Waals surface area contributed by atoms with Gasteiger partial charge in [0.15, 0.2) is 0 Å². The van der Waals surface area contributed by atoms with Gasteiger partial charge in [0.05, 0.1) is 22.5 Å². The number of aliphatic hydroxyl groups is 1. The topological polar surface area (TPSA) is 48.4 Å². The average Bonchev–Trinajstić information content (AvgIpc) is 2.94. The van der Waals surface area contributed by atoms with E-state index in [-0.39, 0.29) is 11.9 Å². The smallest absolute Gasteiger partial charge is 0.146 e. The quantitative estimate of drug-likeness (QED) is 0.882. The molecule has 0 aliphatic carbocycles. The summed E-state index contributed by atoms with van der Waals surface area (Å²) in [4.78, 5) is 6.41. The lowest BCUT2D eigenvalue weighted by Gasteiger charge is -2.31. The van der Waals surface area contributed by atoms with E-state index < -0.39 is 0 Å². The van der Waals surface area contributed by atoms with Crippen LogP contribution in [0.25, 0.3) is 0 Å². The molecule has 1 saturated heterocycles. The van der Waals surface area contributed by atoms with Gasteiger partial charge in [-0.05, 0) is 37.5 Å². The number of hydrogen-bond donors (Lipinski definition) is 2. The van der Waals surface area contributed by atoms with E-state index in [0.29, 0.717) is 44.7 Å². The van der Waals surface area contributed by atoms with Crippen LogP contribution in [-0.4, -0.2) is 29.3 Å². The zero-order valence-corrected chi connectivity index (χ0v) is 14.1. The van der Waals surface area contributed by atoms with Crippen LogP contribution in [0.15, 0.2) is 23.6 Å². The van der Waals surface area contributed by atoms with Crippen molar-refractivity contribution >= 4 is 17.0 Å². The fraction of sp³-hybridized carbons (Fsp3) is 0.471. The van der Waals surface area contributed by atoms with Gasteiger partial charge in [-0.1, -0.05) is 6.07 Å². The van der Waals surface area contributed by atoms with E-state index in [1.54, 1.807) is 17.4 Å². The van der Waals surface area contributed by atoms with E-state index in [4.69, 9.17) is 0 Å². The number of aryl methyl sites for hydroxylation is 1. The van der Waals surface area contributed by atoms with Crippen molar-refractivity contribution in [3.8, 4) is 0 Å². The van der Waals surface area contributed by atoms with Gasteiger partial charge < -0.3 is 15.3 Å². The monoisotopic (exact) mass is 335 g/mol. The molecule has 0 unspecified atom stereocenters. The van der Waals surface area contributed by atoms with Crippen molar-refractivity contribution in [1.82, 2.24) is 10.3 Å². The van der Waals surface area contributed by atoms with Gasteiger partial charge in [-0.2, -0.15) is 0 Å². The van der Waals surface area contributed by atoms with Crippen LogP contribution in [0.4, 0.5) is 10.1 Å². The van der Waals surface area contributed by atoms with Crippen LogP contribution in [0.3, 0.4) is 0 Å². The first-order valence-electron chi connectivity index (χ1n) is 7.95. The van der Waals surface area contributed by atoms with Crippen molar-refractivity contribution in [3.05, 3.63) is 45.7 Å². The van der Waals surface area contributed by atoms with Gasteiger partial charge in [0, 0.05) is 31.6 Å². The third kappa shape index (κ3) is 4.28. The Morgan fingerprint density at radius 2 is 2.13 bits per heavy atom. The molecule has 23 heavy (non-hydrogen) atoms. The van der Waals surface area contributed by atoms with Crippen molar-refractivity contribution in [3.63, 3.8) is 0 Å². The third-order valence-corrected chi connectivity index (χ3v) is 4.94. The van der Waals surface area contributed by atoms with Crippen LogP contribution in [0.5, 0.6) is 0 Å². The van der Waals surface area contributed by atoms with Gasteiger partial charge in [0.1, 0.15) is 5.82 Å². The van der Waals surface area contributed by atoms with Crippen LogP contribution in [0.2, 0.25) is 0 Å². The molecule has 0 saturated carbocycles. The van der Waals surface area contributed by atoms with E-state index in [1.165, 1.54) is 0 Å². The van der Waals surface area contributed by atoms with Gasteiger partial charge >= 0.3 is 0 Å². The van der Waals surface area contributed by atoms with Crippen LogP contribution in [0, 0.1) is 12.7 Å². The van der Waals surface area contributed by atoms with Gasteiger partial charge in [-0.3, -0.25) is 0 Å². The van der Waals surface area contributed by atoms with Gasteiger partial charge in [0.2, 0.25) is 0 Å². The summed E-state index contributed by atoms with van der Waals surface area (Å²) in [5, 5.41) is 15.9. The molecule has 4 nitrogen and oxygen atoms in total. The number of halogens is 1. The average molecular weight is 335 g/mol. The lowest BCUT2D eigenvalue weighted by atomic mass is 10.1.